The zero-order chi connectivity index (χ0) is 23.9. The molecule has 35 heavy (non-hydrogen) atoms. The Morgan fingerprint density at radius 3 is 2.40 bits per heavy atom. The molecule has 3 heterocycles. The summed E-state index contributed by atoms with van der Waals surface area (Å²) in [6.45, 7) is 6.31. The average Bonchev–Trinajstić information content (AvgIpc) is 3.19. The van der Waals surface area contributed by atoms with Crippen molar-refractivity contribution in [2.24, 2.45) is 0 Å². The topological polar surface area (TPSA) is 7.12 Å². The summed E-state index contributed by atoms with van der Waals surface area (Å²) < 4.78 is 2.48. The summed E-state index contributed by atoms with van der Waals surface area (Å²) in [4.78, 5) is 2.51. The number of hydrogen-bond acceptors (Lipinski definition) is 1. The number of hydrogen-bond donors (Lipinski definition) is 0. The monoisotopic (exact) mass is 455 g/mol. The van der Waals surface area contributed by atoms with Gasteiger partial charge in [0.25, 0.3) is 0 Å². The second kappa shape index (κ2) is 8.70. The van der Waals surface area contributed by atoms with Gasteiger partial charge in [0.15, 0.2) is 12.2 Å². The van der Waals surface area contributed by atoms with Gasteiger partial charge < -0.3 is 4.90 Å². The molecule has 0 amide bonds. The predicted octanol–water partition coefficient (Wildman–Crippen LogP) is 7.57. The molecule has 3 unspecified atom stereocenters. The van der Waals surface area contributed by atoms with Crippen LogP contribution in [0.5, 0.6) is 0 Å². The maximum Gasteiger partial charge on any atom is 0.213 e. The van der Waals surface area contributed by atoms with E-state index in [2.05, 4.69) is 139 Å². The van der Waals surface area contributed by atoms with Crippen molar-refractivity contribution < 1.29 is 4.57 Å². The summed E-state index contributed by atoms with van der Waals surface area (Å²) >= 11 is 0. The van der Waals surface area contributed by atoms with Crippen LogP contribution in [0.1, 0.15) is 48.0 Å². The van der Waals surface area contributed by atoms with Crippen LogP contribution in [0, 0.1) is 0 Å². The number of aromatic nitrogens is 1. The van der Waals surface area contributed by atoms with Crippen LogP contribution in [0.15, 0.2) is 116 Å². The molecule has 3 atom stereocenters. The van der Waals surface area contributed by atoms with E-state index in [1.165, 1.54) is 44.8 Å². The Morgan fingerprint density at radius 2 is 1.60 bits per heavy atom. The molecule has 1 aromatic heterocycles. The van der Waals surface area contributed by atoms with Crippen LogP contribution >= 0.6 is 0 Å². The van der Waals surface area contributed by atoms with Crippen LogP contribution in [-0.2, 0) is 0 Å². The minimum atomic E-state index is 0.243. The zero-order valence-electron chi connectivity index (χ0n) is 20.4. The minimum absolute atomic E-state index is 0.243. The Kier molecular flexibility index (Phi) is 5.37. The van der Waals surface area contributed by atoms with Crippen LogP contribution in [0.25, 0.3) is 28.1 Å². The highest BCUT2D eigenvalue weighted by Gasteiger charge is 2.48. The third-order valence-corrected chi connectivity index (χ3v) is 7.83. The summed E-state index contributed by atoms with van der Waals surface area (Å²) in [5, 5.41) is 0. The molecule has 2 aliphatic rings. The van der Waals surface area contributed by atoms with Gasteiger partial charge in [-0.3, -0.25) is 0 Å². The van der Waals surface area contributed by atoms with E-state index < -0.39 is 0 Å². The van der Waals surface area contributed by atoms with Gasteiger partial charge in [0, 0.05) is 42.4 Å². The van der Waals surface area contributed by atoms with Gasteiger partial charge >= 0.3 is 0 Å². The number of rotatable bonds is 4. The van der Waals surface area contributed by atoms with Gasteiger partial charge in [-0.25, -0.2) is 0 Å². The molecule has 0 radical (unpaired) electrons. The van der Waals surface area contributed by atoms with Crippen LogP contribution in [-0.4, -0.2) is 11.9 Å². The highest BCUT2D eigenvalue weighted by molar-refractivity contribution is 5.78. The first-order chi connectivity index (χ1) is 17.2. The SMILES string of the molecule is C=CCC1C(C2c3ccc(-c4ccccc4)cc3/C(=C/C)N2C)c2ccccc2-c2cccc[n+]21. The van der Waals surface area contributed by atoms with Gasteiger partial charge in [0.1, 0.15) is 0 Å². The summed E-state index contributed by atoms with van der Waals surface area (Å²) in [6.07, 6.45) is 7.53. The van der Waals surface area contributed by atoms with Crippen molar-refractivity contribution in [1.82, 2.24) is 4.90 Å². The van der Waals surface area contributed by atoms with E-state index in [1.54, 1.807) is 0 Å². The van der Waals surface area contributed by atoms with Crippen LogP contribution in [0.2, 0.25) is 0 Å². The van der Waals surface area contributed by atoms with E-state index in [0.29, 0.717) is 12.0 Å². The lowest BCUT2D eigenvalue weighted by molar-refractivity contribution is -0.718. The maximum atomic E-state index is 4.15. The van der Waals surface area contributed by atoms with Crippen molar-refractivity contribution in [3.8, 4) is 22.4 Å². The number of benzene rings is 3. The van der Waals surface area contributed by atoms with E-state index >= 15 is 0 Å². The summed E-state index contributed by atoms with van der Waals surface area (Å²) in [5.74, 6) is 0.299. The van der Waals surface area contributed by atoms with E-state index in [-0.39, 0.29) is 6.04 Å². The van der Waals surface area contributed by atoms with Gasteiger partial charge in [-0.05, 0) is 47.4 Å². The molecule has 0 fully saturated rings. The van der Waals surface area contributed by atoms with Crippen molar-refractivity contribution in [3.05, 3.63) is 133 Å². The Balaban J connectivity index is 1.55. The second-order valence-corrected chi connectivity index (χ2v) is 9.60. The molecule has 172 valence electrons. The number of nitrogens with zero attached hydrogens (tertiary/aromatic N) is 2. The van der Waals surface area contributed by atoms with Crippen LogP contribution < -0.4 is 4.57 Å². The maximum absolute atomic E-state index is 4.15. The van der Waals surface area contributed by atoms with Crippen LogP contribution in [0.4, 0.5) is 0 Å². The molecule has 4 aromatic rings. The van der Waals surface area contributed by atoms with Crippen molar-refractivity contribution in [3.63, 3.8) is 0 Å². The number of pyridine rings is 1. The molecule has 0 bridgehead atoms. The molecule has 0 N–H and O–H groups in total. The third kappa shape index (κ3) is 3.36. The van der Waals surface area contributed by atoms with Gasteiger partial charge in [-0.1, -0.05) is 72.8 Å². The molecule has 0 saturated carbocycles. The summed E-state index contributed by atoms with van der Waals surface area (Å²) in [7, 11) is 2.26. The van der Waals surface area contributed by atoms with E-state index in [0.717, 1.165) is 6.42 Å². The van der Waals surface area contributed by atoms with Gasteiger partial charge in [0.2, 0.25) is 5.69 Å². The van der Waals surface area contributed by atoms with Gasteiger partial charge in [-0.15, -0.1) is 6.58 Å². The van der Waals surface area contributed by atoms with Gasteiger partial charge in [-0.2, -0.15) is 4.57 Å². The molecule has 0 spiro atoms. The van der Waals surface area contributed by atoms with Crippen molar-refractivity contribution in [1.29, 1.82) is 0 Å². The number of fused-ring (bicyclic) bond motifs is 4. The number of likely N-dealkylation sites (N-methyl/N-ethyl adjacent to an activating group) is 1. The lowest BCUT2D eigenvalue weighted by atomic mass is 9.75. The first kappa shape index (κ1) is 21.6. The molecule has 3 aromatic carbocycles. The fourth-order valence-electron chi connectivity index (χ4n) is 6.37. The second-order valence-electron chi connectivity index (χ2n) is 9.60. The first-order valence-corrected chi connectivity index (χ1v) is 12.5. The largest absolute Gasteiger partial charge is 0.366 e. The van der Waals surface area contributed by atoms with E-state index in [1.807, 2.05) is 0 Å². The van der Waals surface area contributed by atoms with E-state index in [4.69, 9.17) is 0 Å². The lowest BCUT2D eigenvalue weighted by Gasteiger charge is -2.37. The lowest BCUT2D eigenvalue weighted by Crippen LogP contribution is -2.49. The third-order valence-electron chi connectivity index (χ3n) is 7.83. The molecular weight excluding hydrogens is 424 g/mol. The van der Waals surface area contributed by atoms with Crippen LogP contribution in [0.3, 0.4) is 0 Å². The Bertz CT molecular complexity index is 1430. The fraction of sp³-hybridized carbons (Fsp3) is 0.182. The quantitative estimate of drug-likeness (QED) is 0.227. The molecule has 6 rings (SSSR count). The normalized spacial score (nSPS) is 21.4. The standard InChI is InChI=1S/C33H31N2/c1-4-13-31-32(26-17-10-9-16-25(26)30-18-11-12-21-35(30)31)33-27-20-19-24(23-14-7-6-8-15-23)22-28(27)29(5-2)34(33)3/h4-12,14-22,31-33H,1,13H2,2-3H3/q+1/b29-5-. The average molecular weight is 456 g/mol. The molecule has 0 aliphatic carbocycles. The highest BCUT2D eigenvalue weighted by Crippen LogP contribution is 2.54. The van der Waals surface area contributed by atoms with Crippen molar-refractivity contribution in [2.75, 3.05) is 7.05 Å². The van der Waals surface area contributed by atoms with Crippen molar-refractivity contribution >= 4 is 5.70 Å². The number of allylic oxidation sites excluding steroid dienone is 2. The molecule has 2 nitrogen and oxygen atoms in total. The predicted molar refractivity (Wildman–Crippen MR) is 145 cm³/mol. The van der Waals surface area contributed by atoms with Crippen molar-refractivity contribution in [2.45, 2.75) is 31.3 Å². The molecule has 2 aliphatic heterocycles. The Morgan fingerprint density at radius 1 is 0.829 bits per heavy atom. The highest BCUT2D eigenvalue weighted by atomic mass is 15.2. The molecule has 0 saturated heterocycles. The Labute approximate surface area is 208 Å². The molecule has 2 heteroatoms. The summed E-state index contributed by atoms with van der Waals surface area (Å²) in [6, 6.07) is 33.8. The zero-order valence-corrected chi connectivity index (χ0v) is 20.4. The van der Waals surface area contributed by atoms with Gasteiger partial charge in [0.05, 0.1) is 12.0 Å². The fourth-order valence-corrected chi connectivity index (χ4v) is 6.37. The van der Waals surface area contributed by atoms with E-state index in [9.17, 15) is 0 Å². The first-order valence-electron chi connectivity index (χ1n) is 12.5. The summed E-state index contributed by atoms with van der Waals surface area (Å²) in [5.41, 5.74) is 10.6. The smallest absolute Gasteiger partial charge is 0.213 e. The minimum Gasteiger partial charge on any atom is -0.366 e. The Hall–Kier alpha value is -3.91. The molecular formula is C33H31N2+.